The number of amides is 1. The van der Waals surface area contributed by atoms with E-state index in [1.54, 1.807) is 0 Å². The van der Waals surface area contributed by atoms with Crippen molar-refractivity contribution >= 4 is 11.9 Å². The third kappa shape index (κ3) is 3.90. The van der Waals surface area contributed by atoms with Crippen molar-refractivity contribution in [3.63, 3.8) is 0 Å². The van der Waals surface area contributed by atoms with Crippen LogP contribution in [0.1, 0.15) is 18.0 Å². The zero-order valence-electron chi connectivity index (χ0n) is 13.7. The molecule has 1 heterocycles. The van der Waals surface area contributed by atoms with Crippen LogP contribution in [0.25, 0.3) is 0 Å². The van der Waals surface area contributed by atoms with Crippen LogP contribution in [-0.2, 0) is 4.79 Å². The number of rotatable bonds is 3. The van der Waals surface area contributed by atoms with Crippen LogP contribution in [0.4, 0.5) is 0 Å². The number of fused-ring (bicyclic) bond motifs is 1. The van der Waals surface area contributed by atoms with E-state index in [2.05, 4.69) is 10.3 Å². The second kappa shape index (κ2) is 7.15. The lowest BCUT2D eigenvalue weighted by Crippen LogP contribution is -2.38. The highest BCUT2D eigenvalue weighted by atomic mass is 16.5. The summed E-state index contributed by atoms with van der Waals surface area (Å²) in [5, 5.41) is 3.05. The first kappa shape index (κ1) is 16.1. The van der Waals surface area contributed by atoms with Crippen molar-refractivity contribution in [3.05, 3.63) is 29.8 Å². The molecule has 0 saturated carbocycles. The second-order valence-electron chi connectivity index (χ2n) is 5.70. The van der Waals surface area contributed by atoms with Crippen LogP contribution in [0.5, 0.6) is 5.75 Å². The highest BCUT2D eigenvalue weighted by Gasteiger charge is 2.22. The van der Waals surface area contributed by atoms with Gasteiger partial charge in [0.1, 0.15) is 12.3 Å². The molecule has 0 saturated heterocycles. The first-order valence-corrected chi connectivity index (χ1v) is 7.39. The summed E-state index contributed by atoms with van der Waals surface area (Å²) in [7, 11) is 7.63. The van der Waals surface area contributed by atoms with Gasteiger partial charge in [-0.15, -0.1) is 0 Å². The first-order chi connectivity index (χ1) is 10.5. The average Bonchev–Trinajstić information content (AvgIpc) is 2.47. The van der Waals surface area contributed by atoms with Crippen LogP contribution >= 0.6 is 0 Å². The molecule has 1 atom stereocenters. The van der Waals surface area contributed by atoms with Gasteiger partial charge in [-0.1, -0.05) is 18.2 Å². The number of para-hydroxylation sites is 1. The number of hydrogen-bond acceptors (Lipinski definition) is 3. The number of carbonyl (C=O) groups is 1. The molecule has 120 valence electrons. The quantitative estimate of drug-likeness (QED) is 0.671. The Kier molecular flexibility index (Phi) is 5.25. The predicted octanol–water partition coefficient (Wildman–Crippen LogP) is 1.11. The number of hydrogen-bond donors (Lipinski definition) is 1. The molecule has 1 amide bonds. The summed E-state index contributed by atoms with van der Waals surface area (Å²) in [5.74, 6) is 1.54. The number of ether oxygens (including phenoxy) is 1. The van der Waals surface area contributed by atoms with Crippen LogP contribution in [0.2, 0.25) is 0 Å². The summed E-state index contributed by atoms with van der Waals surface area (Å²) in [6.45, 7) is 0.733. The van der Waals surface area contributed by atoms with Gasteiger partial charge in [0, 0.05) is 40.2 Å². The van der Waals surface area contributed by atoms with Gasteiger partial charge in [-0.2, -0.15) is 0 Å². The zero-order chi connectivity index (χ0) is 16.1. The van der Waals surface area contributed by atoms with Crippen LogP contribution < -0.4 is 10.1 Å². The fourth-order valence-electron chi connectivity index (χ4n) is 2.56. The van der Waals surface area contributed by atoms with Crippen LogP contribution in [0, 0.1) is 0 Å². The van der Waals surface area contributed by atoms with Gasteiger partial charge < -0.3 is 19.9 Å². The van der Waals surface area contributed by atoms with E-state index in [9.17, 15) is 4.79 Å². The molecule has 1 aromatic carbocycles. The molecule has 1 aromatic rings. The Labute approximate surface area is 131 Å². The molecule has 1 unspecified atom stereocenters. The molecule has 22 heavy (non-hydrogen) atoms. The average molecular weight is 304 g/mol. The van der Waals surface area contributed by atoms with Gasteiger partial charge in [0.15, 0.2) is 5.96 Å². The minimum Gasteiger partial charge on any atom is -0.493 e. The van der Waals surface area contributed by atoms with Gasteiger partial charge in [-0.05, 0) is 6.07 Å². The van der Waals surface area contributed by atoms with Gasteiger partial charge in [0.25, 0.3) is 0 Å². The standard InChI is InChI=1S/C16H24N4O2/c1-19(2)16(20(3)4)17-11-15(21)18-13-9-10-22-14-8-6-5-7-12(13)14/h5-8,13H,9-11H2,1-4H3,(H,18,21). The first-order valence-electron chi connectivity index (χ1n) is 7.39. The van der Waals surface area contributed by atoms with Crippen molar-refractivity contribution in [1.29, 1.82) is 0 Å². The normalized spacial score (nSPS) is 16.1. The van der Waals surface area contributed by atoms with Crippen molar-refractivity contribution in [2.75, 3.05) is 41.3 Å². The molecule has 0 aromatic heterocycles. The number of benzene rings is 1. The Bertz CT molecular complexity index is 545. The summed E-state index contributed by atoms with van der Waals surface area (Å²) < 4.78 is 5.60. The lowest BCUT2D eigenvalue weighted by atomic mass is 10.0. The number of guanidine groups is 1. The van der Waals surface area contributed by atoms with E-state index in [1.807, 2.05) is 62.3 Å². The molecule has 0 fully saturated rings. The van der Waals surface area contributed by atoms with Crippen LogP contribution in [0.3, 0.4) is 0 Å². The van der Waals surface area contributed by atoms with Gasteiger partial charge in [-0.25, -0.2) is 4.99 Å². The molecule has 6 nitrogen and oxygen atoms in total. The van der Waals surface area contributed by atoms with E-state index in [0.29, 0.717) is 6.61 Å². The maximum absolute atomic E-state index is 12.2. The molecular formula is C16H24N4O2. The Hall–Kier alpha value is -2.24. The fourth-order valence-corrected chi connectivity index (χ4v) is 2.56. The Morgan fingerprint density at radius 3 is 2.64 bits per heavy atom. The minimum absolute atomic E-state index is 0.00480. The van der Waals surface area contributed by atoms with E-state index < -0.39 is 0 Å². The summed E-state index contributed by atoms with van der Waals surface area (Å²) in [5.41, 5.74) is 1.03. The largest absolute Gasteiger partial charge is 0.493 e. The minimum atomic E-state index is -0.0806. The molecule has 2 rings (SSSR count). The van der Waals surface area contributed by atoms with Crippen molar-refractivity contribution in [2.24, 2.45) is 4.99 Å². The summed E-state index contributed by atoms with van der Waals surface area (Å²) >= 11 is 0. The van der Waals surface area contributed by atoms with Crippen molar-refractivity contribution in [2.45, 2.75) is 12.5 Å². The molecule has 1 aliphatic rings. The number of carbonyl (C=O) groups excluding carboxylic acids is 1. The molecule has 0 bridgehead atoms. The summed E-state index contributed by atoms with van der Waals surface area (Å²) in [4.78, 5) is 20.3. The van der Waals surface area contributed by atoms with Crippen molar-refractivity contribution in [1.82, 2.24) is 15.1 Å². The molecule has 1 N–H and O–H groups in total. The van der Waals surface area contributed by atoms with E-state index in [4.69, 9.17) is 4.74 Å². The van der Waals surface area contributed by atoms with E-state index >= 15 is 0 Å². The third-order valence-electron chi connectivity index (χ3n) is 3.46. The molecule has 0 radical (unpaired) electrons. The third-order valence-corrected chi connectivity index (χ3v) is 3.46. The zero-order valence-corrected chi connectivity index (χ0v) is 13.7. The Balaban J connectivity index is 2.00. The number of nitrogens with zero attached hydrogens (tertiary/aromatic N) is 3. The molecule has 6 heteroatoms. The highest BCUT2D eigenvalue weighted by Crippen LogP contribution is 2.31. The number of nitrogens with one attached hydrogen (secondary N) is 1. The summed E-state index contributed by atoms with van der Waals surface area (Å²) in [6, 6.07) is 7.82. The van der Waals surface area contributed by atoms with Crippen molar-refractivity contribution < 1.29 is 9.53 Å². The van der Waals surface area contributed by atoms with Crippen LogP contribution in [0.15, 0.2) is 29.3 Å². The lowest BCUT2D eigenvalue weighted by molar-refractivity contribution is -0.120. The lowest BCUT2D eigenvalue weighted by Gasteiger charge is -2.26. The maximum atomic E-state index is 12.2. The summed E-state index contributed by atoms with van der Waals surface area (Å²) in [6.07, 6.45) is 0.778. The SMILES string of the molecule is CN(C)C(=NCC(=O)NC1CCOc2ccccc21)N(C)C. The van der Waals surface area contributed by atoms with Gasteiger partial charge >= 0.3 is 0 Å². The van der Waals surface area contributed by atoms with Gasteiger partial charge in [0.2, 0.25) is 5.91 Å². The van der Waals surface area contributed by atoms with E-state index in [0.717, 1.165) is 23.7 Å². The van der Waals surface area contributed by atoms with Crippen LogP contribution in [-0.4, -0.2) is 63.0 Å². The predicted molar refractivity (Wildman–Crippen MR) is 87.1 cm³/mol. The smallest absolute Gasteiger partial charge is 0.242 e. The molecule has 0 aliphatic carbocycles. The van der Waals surface area contributed by atoms with Gasteiger partial charge in [-0.3, -0.25) is 4.79 Å². The number of aliphatic imine (C=N–C) groups is 1. The topological polar surface area (TPSA) is 57.2 Å². The molecular weight excluding hydrogens is 280 g/mol. The maximum Gasteiger partial charge on any atom is 0.242 e. The van der Waals surface area contributed by atoms with Gasteiger partial charge in [0.05, 0.1) is 12.6 Å². The fraction of sp³-hybridized carbons (Fsp3) is 0.500. The monoisotopic (exact) mass is 304 g/mol. The van der Waals surface area contributed by atoms with E-state index in [-0.39, 0.29) is 18.5 Å². The molecule has 1 aliphatic heterocycles. The Morgan fingerprint density at radius 2 is 1.95 bits per heavy atom. The second-order valence-corrected chi connectivity index (χ2v) is 5.70. The molecule has 0 spiro atoms. The Morgan fingerprint density at radius 1 is 1.27 bits per heavy atom. The van der Waals surface area contributed by atoms with E-state index in [1.165, 1.54) is 0 Å². The highest BCUT2D eigenvalue weighted by molar-refractivity contribution is 5.84. The van der Waals surface area contributed by atoms with Crippen molar-refractivity contribution in [3.8, 4) is 5.75 Å².